The van der Waals surface area contributed by atoms with Crippen LogP contribution in [0.25, 0.3) is 0 Å². The highest BCUT2D eigenvalue weighted by Crippen LogP contribution is 2.38. The molecule has 1 saturated heterocycles. The largest absolute Gasteiger partial charge is 0.384 e. The topological polar surface area (TPSA) is 73.1 Å². The number of ether oxygens (including phenoxy) is 1. The lowest BCUT2D eigenvalue weighted by Gasteiger charge is -2.12. The highest BCUT2D eigenvalue weighted by Gasteiger charge is 2.27. The summed E-state index contributed by atoms with van der Waals surface area (Å²) in [5, 5.41) is 3.35. The number of nitrogens with one attached hydrogen (secondary N) is 1. The van der Waals surface area contributed by atoms with Crippen LogP contribution in [0, 0.1) is 0 Å². The minimum Gasteiger partial charge on any atom is -0.384 e. The van der Waals surface area contributed by atoms with Crippen molar-refractivity contribution in [2.45, 2.75) is 31.2 Å². The number of aromatic nitrogens is 2. The maximum atomic E-state index is 5.78. The Morgan fingerprint density at radius 3 is 2.88 bits per heavy atom. The van der Waals surface area contributed by atoms with Gasteiger partial charge in [-0.2, -0.15) is 0 Å². The smallest absolute Gasteiger partial charge is 0.136 e. The first-order valence-corrected chi connectivity index (χ1v) is 5.80. The molecule has 86 valence electrons. The molecule has 2 fully saturated rings. The fraction of sp³-hybridized carbons (Fsp3) is 0.636. The molecule has 1 aliphatic heterocycles. The Hall–Kier alpha value is -1.36. The lowest BCUT2D eigenvalue weighted by molar-refractivity contribution is 0.195. The van der Waals surface area contributed by atoms with Crippen LogP contribution in [0.2, 0.25) is 0 Å². The molecule has 1 aromatic rings. The molecule has 1 saturated carbocycles. The first-order chi connectivity index (χ1) is 7.81. The summed E-state index contributed by atoms with van der Waals surface area (Å²) in [5.74, 6) is 2.81. The predicted molar refractivity (Wildman–Crippen MR) is 61.3 cm³/mol. The van der Waals surface area contributed by atoms with E-state index in [1.165, 1.54) is 12.8 Å². The number of hydrogen-bond acceptors (Lipinski definition) is 5. The molecule has 1 aliphatic carbocycles. The first-order valence-electron chi connectivity index (χ1n) is 5.80. The third-order valence-corrected chi connectivity index (χ3v) is 2.99. The van der Waals surface area contributed by atoms with Crippen LogP contribution in [-0.4, -0.2) is 29.2 Å². The molecule has 3 rings (SSSR count). The molecule has 2 aliphatic rings. The fourth-order valence-corrected chi connectivity index (χ4v) is 1.94. The highest BCUT2D eigenvalue weighted by atomic mass is 16.5. The average molecular weight is 220 g/mol. The summed E-state index contributed by atoms with van der Waals surface area (Å²) in [6.45, 7) is 1.58. The second-order valence-electron chi connectivity index (χ2n) is 4.52. The van der Waals surface area contributed by atoms with Gasteiger partial charge in [0.1, 0.15) is 17.5 Å². The zero-order valence-electron chi connectivity index (χ0n) is 9.15. The zero-order chi connectivity index (χ0) is 11.0. The van der Waals surface area contributed by atoms with Gasteiger partial charge in [0.2, 0.25) is 0 Å². The second-order valence-corrected chi connectivity index (χ2v) is 4.52. The summed E-state index contributed by atoms with van der Waals surface area (Å²) in [6.07, 6.45) is 3.41. The van der Waals surface area contributed by atoms with Crippen LogP contribution in [0.4, 0.5) is 11.6 Å². The lowest BCUT2D eigenvalue weighted by Crippen LogP contribution is -2.20. The van der Waals surface area contributed by atoms with Gasteiger partial charge in [-0.15, -0.1) is 0 Å². The van der Waals surface area contributed by atoms with Crippen molar-refractivity contribution in [2.24, 2.45) is 0 Å². The molecule has 0 bridgehead atoms. The van der Waals surface area contributed by atoms with Crippen molar-refractivity contribution in [3.63, 3.8) is 0 Å². The number of rotatable bonds is 3. The molecular weight excluding hydrogens is 204 g/mol. The molecule has 5 heteroatoms. The van der Waals surface area contributed by atoms with Gasteiger partial charge < -0.3 is 15.8 Å². The van der Waals surface area contributed by atoms with E-state index < -0.39 is 0 Å². The lowest BCUT2D eigenvalue weighted by atomic mass is 10.2. The first kappa shape index (κ1) is 9.84. The normalized spacial score (nSPS) is 24.6. The van der Waals surface area contributed by atoms with Crippen molar-refractivity contribution in [1.82, 2.24) is 9.97 Å². The molecule has 3 N–H and O–H groups in total. The van der Waals surface area contributed by atoms with Crippen LogP contribution < -0.4 is 11.1 Å². The van der Waals surface area contributed by atoms with Crippen molar-refractivity contribution in [2.75, 3.05) is 24.3 Å². The summed E-state index contributed by atoms with van der Waals surface area (Å²) in [6, 6.07) is 2.16. The Bertz CT molecular complexity index is 386. The molecule has 2 heterocycles. The van der Waals surface area contributed by atoms with E-state index in [1.54, 1.807) is 6.07 Å². The average Bonchev–Trinajstić information content (AvgIpc) is 2.98. The van der Waals surface area contributed by atoms with Gasteiger partial charge in [0.15, 0.2) is 0 Å². The van der Waals surface area contributed by atoms with Gasteiger partial charge in [-0.1, -0.05) is 0 Å². The standard InChI is InChI=1S/C11H16N4O/c12-9-5-10(13-8-3-4-16-6-8)15-11(14-9)7-1-2-7/h5,7-8H,1-4,6H2,(H3,12,13,14,15). The van der Waals surface area contributed by atoms with Gasteiger partial charge in [0.05, 0.1) is 12.6 Å². The van der Waals surface area contributed by atoms with E-state index in [0.29, 0.717) is 17.8 Å². The number of hydrogen-bond donors (Lipinski definition) is 2. The van der Waals surface area contributed by atoms with Crippen LogP contribution in [-0.2, 0) is 4.74 Å². The number of nitrogens with zero attached hydrogens (tertiary/aromatic N) is 2. The summed E-state index contributed by atoms with van der Waals surface area (Å²) in [4.78, 5) is 8.77. The molecule has 0 amide bonds. The van der Waals surface area contributed by atoms with Crippen molar-refractivity contribution in [3.8, 4) is 0 Å². The Labute approximate surface area is 94.4 Å². The van der Waals surface area contributed by atoms with Gasteiger partial charge >= 0.3 is 0 Å². The van der Waals surface area contributed by atoms with Gasteiger partial charge in [0, 0.05) is 18.6 Å². The number of nitrogen functional groups attached to an aromatic ring is 1. The number of anilines is 2. The van der Waals surface area contributed by atoms with E-state index >= 15 is 0 Å². The van der Waals surface area contributed by atoms with E-state index in [1.807, 2.05) is 0 Å². The summed E-state index contributed by atoms with van der Waals surface area (Å²) in [7, 11) is 0. The third-order valence-electron chi connectivity index (χ3n) is 2.99. The van der Waals surface area contributed by atoms with Gasteiger partial charge in [-0.25, -0.2) is 9.97 Å². The van der Waals surface area contributed by atoms with E-state index in [4.69, 9.17) is 10.5 Å². The zero-order valence-corrected chi connectivity index (χ0v) is 9.15. The Morgan fingerprint density at radius 2 is 2.19 bits per heavy atom. The van der Waals surface area contributed by atoms with Crippen LogP contribution >= 0.6 is 0 Å². The van der Waals surface area contributed by atoms with Crippen LogP contribution in [0.15, 0.2) is 6.07 Å². The minimum atomic E-state index is 0.362. The van der Waals surface area contributed by atoms with Gasteiger partial charge in [-0.05, 0) is 19.3 Å². The molecule has 16 heavy (non-hydrogen) atoms. The monoisotopic (exact) mass is 220 g/mol. The quantitative estimate of drug-likeness (QED) is 0.799. The SMILES string of the molecule is Nc1cc(NC2CCOC2)nc(C2CC2)n1. The molecule has 1 unspecified atom stereocenters. The van der Waals surface area contributed by atoms with Crippen LogP contribution in [0.1, 0.15) is 31.0 Å². The minimum absolute atomic E-state index is 0.362. The molecule has 1 atom stereocenters. The predicted octanol–water partition coefficient (Wildman–Crippen LogP) is 1.14. The fourth-order valence-electron chi connectivity index (χ4n) is 1.94. The Kier molecular flexibility index (Phi) is 2.40. The highest BCUT2D eigenvalue weighted by molar-refractivity contribution is 5.46. The van der Waals surface area contributed by atoms with Crippen LogP contribution in [0.3, 0.4) is 0 Å². The maximum absolute atomic E-state index is 5.78. The van der Waals surface area contributed by atoms with E-state index in [9.17, 15) is 0 Å². The summed E-state index contributed by atoms with van der Waals surface area (Å²) in [5.41, 5.74) is 5.78. The maximum Gasteiger partial charge on any atom is 0.136 e. The molecular formula is C11H16N4O. The van der Waals surface area contributed by atoms with E-state index in [-0.39, 0.29) is 0 Å². The Balaban J connectivity index is 1.76. The van der Waals surface area contributed by atoms with Crippen molar-refractivity contribution in [1.29, 1.82) is 0 Å². The van der Waals surface area contributed by atoms with E-state index in [0.717, 1.165) is 31.3 Å². The van der Waals surface area contributed by atoms with Gasteiger partial charge in [-0.3, -0.25) is 0 Å². The summed E-state index contributed by atoms with van der Waals surface area (Å²) >= 11 is 0. The Morgan fingerprint density at radius 1 is 1.31 bits per heavy atom. The van der Waals surface area contributed by atoms with Crippen LogP contribution in [0.5, 0.6) is 0 Å². The second kappa shape index (κ2) is 3.90. The summed E-state index contributed by atoms with van der Waals surface area (Å²) < 4.78 is 5.31. The van der Waals surface area contributed by atoms with Crippen molar-refractivity contribution >= 4 is 11.6 Å². The molecule has 5 nitrogen and oxygen atoms in total. The molecule has 0 spiro atoms. The van der Waals surface area contributed by atoms with Gasteiger partial charge in [0.25, 0.3) is 0 Å². The third kappa shape index (κ3) is 2.09. The van der Waals surface area contributed by atoms with Crippen molar-refractivity contribution in [3.05, 3.63) is 11.9 Å². The molecule has 0 radical (unpaired) electrons. The molecule has 0 aromatic carbocycles. The molecule has 1 aromatic heterocycles. The van der Waals surface area contributed by atoms with Crippen molar-refractivity contribution < 1.29 is 4.74 Å². The number of nitrogens with two attached hydrogens (primary N) is 1. The van der Waals surface area contributed by atoms with E-state index in [2.05, 4.69) is 15.3 Å².